The van der Waals surface area contributed by atoms with E-state index >= 15 is 0 Å². The second-order valence-electron chi connectivity index (χ2n) is 16.9. The Hall–Kier alpha value is -2.14. The fourth-order valence-corrected chi connectivity index (χ4v) is 14.8. The van der Waals surface area contributed by atoms with Crippen LogP contribution in [0.1, 0.15) is 84.9 Å². The van der Waals surface area contributed by atoms with Gasteiger partial charge in [-0.3, -0.25) is 4.59 Å². The first-order valence-electron chi connectivity index (χ1n) is 15.7. The molecule has 5 rings (SSSR count). The summed E-state index contributed by atoms with van der Waals surface area (Å²) in [6.45, 7) is 24.1. The lowest BCUT2D eigenvalue weighted by molar-refractivity contribution is -0.978. The van der Waals surface area contributed by atoms with Gasteiger partial charge in [0.25, 0.3) is 0 Å². The van der Waals surface area contributed by atoms with Gasteiger partial charge in [-0.15, -0.1) is 0 Å². The van der Waals surface area contributed by atoms with Crippen molar-refractivity contribution in [3.05, 3.63) is 76.9 Å². The molecule has 0 saturated heterocycles. The molecular weight excluding hydrogens is 517 g/mol. The predicted octanol–water partition coefficient (Wildman–Crippen LogP) is 9.71. The topological polar surface area (TPSA) is 12.5 Å². The molecule has 3 atom stereocenters. The van der Waals surface area contributed by atoms with Crippen LogP contribution in [0.25, 0.3) is 5.57 Å². The van der Waals surface area contributed by atoms with E-state index in [1.165, 1.54) is 40.7 Å². The van der Waals surface area contributed by atoms with Crippen LogP contribution < -0.4 is 4.74 Å². The van der Waals surface area contributed by atoms with Crippen molar-refractivity contribution in [3.8, 4) is 11.5 Å². The number of allylic oxidation sites excluding steroid dienone is 4. The van der Waals surface area contributed by atoms with E-state index < -0.39 is 8.24 Å². The zero-order chi connectivity index (χ0) is 30.3. The van der Waals surface area contributed by atoms with E-state index in [4.69, 9.17) is 4.74 Å². The molecule has 2 aromatic carbocycles. The Kier molecular flexibility index (Phi) is 7.16. The minimum atomic E-state index is -1.81. The van der Waals surface area contributed by atoms with Gasteiger partial charge in [-0.1, -0.05) is 84.5 Å². The fourth-order valence-electron chi connectivity index (χ4n) is 9.02. The van der Waals surface area contributed by atoms with Gasteiger partial charge in [0.15, 0.2) is 8.24 Å². The Bertz CT molecular complexity index is 1360. The third-order valence-corrected chi connectivity index (χ3v) is 14.9. The number of hydrogen-bond acceptors (Lipinski definition) is 2. The molecule has 4 heteroatoms. The summed E-state index contributed by atoms with van der Waals surface area (Å²) in [4.78, 5) is 0. The molecule has 0 radical (unpaired) electrons. The zero-order valence-electron chi connectivity index (χ0n) is 28.1. The van der Waals surface area contributed by atoms with E-state index in [9.17, 15) is 0 Å². The maximum Gasteiger partial charge on any atom is 0.191 e. The standard InChI is InChI=1S/C37H55N2OSi/c1-35(2,3)26-15-17-27(18-16-26)40-28-19-20-29-31-22-25-14-21-34(30(25)24-33(31)37(7,8)32(29)23-28)41(12,13)38(36(4,5)6)39(9,10)11/h15-20,22-25,30,34H,14,21H2,1-13H3/q+1. The molecule has 222 valence electrons. The lowest BCUT2D eigenvalue weighted by Gasteiger charge is -2.55. The first-order valence-corrected chi connectivity index (χ1v) is 18.7. The summed E-state index contributed by atoms with van der Waals surface area (Å²) in [7, 11) is 5.28. The van der Waals surface area contributed by atoms with Crippen molar-refractivity contribution >= 4 is 13.8 Å². The molecule has 3 nitrogen and oxygen atoms in total. The molecule has 1 saturated carbocycles. The monoisotopic (exact) mass is 571 g/mol. The average molecular weight is 572 g/mol. The minimum absolute atomic E-state index is 0.0375. The molecule has 0 aromatic heterocycles. The smallest absolute Gasteiger partial charge is 0.191 e. The molecule has 41 heavy (non-hydrogen) atoms. The summed E-state index contributed by atoms with van der Waals surface area (Å²) in [6, 6.07) is 15.4. The maximum atomic E-state index is 6.40. The van der Waals surface area contributed by atoms with Crippen LogP contribution in [0.4, 0.5) is 0 Å². The molecule has 0 spiro atoms. The Labute approximate surface area is 251 Å². The second-order valence-corrected chi connectivity index (χ2v) is 21.3. The van der Waals surface area contributed by atoms with Crippen molar-refractivity contribution in [1.82, 2.24) is 4.67 Å². The number of quaternary nitrogens is 1. The third kappa shape index (κ3) is 5.30. The Morgan fingerprint density at radius 3 is 2.02 bits per heavy atom. The Morgan fingerprint density at radius 1 is 0.854 bits per heavy atom. The lowest BCUT2D eigenvalue weighted by Crippen LogP contribution is -2.71. The molecule has 3 unspecified atom stereocenters. The van der Waals surface area contributed by atoms with Crippen molar-refractivity contribution < 1.29 is 9.33 Å². The normalized spacial score (nSPS) is 24.0. The molecule has 0 amide bonds. The maximum absolute atomic E-state index is 6.40. The van der Waals surface area contributed by atoms with Gasteiger partial charge in [0.2, 0.25) is 0 Å². The zero-order valence-corrected chi connectivity index (χ0v) is 29.1. The van der Waals surface area contributed by atoms with Gasteiger partial charge in [-0.05, 0) is 102 Å². The number of ether oxygens (including phenoxy) is 1. The van der Waals surface area contributed by atoms with Gasteiger partial charge < -0.3 is 4.74 Å². The van der Waals surface area contributed by atoms with E-state index in [-0.39, 0.29) is 16.4 Å². The van der Waals surface area contributed by atoms with Crippen LogP contribution in [-0.4, -0.2) is 44.2 Å². The van der Waals surface area contributed by atoms with E-state index in [2.05, 4.69) is 149 Å². The van der Waals surface area contributed by atoms with Crippen molar-refractivity contribution in [2.75, 3.05) is 21.1 Å². The fraction of sp³-hybridized carbons (Fsp3) is 0.568. The van der Waals surface area contributed by atoms with Gasteiger partial charge in [0.05, 0.1) is 26.7 Å². The summed E-state index contributed by atoms with van der Waals surface area (Å²) in [6.07, 6.45) is 8.03. The van der Waals surface area contributed by atoms with Gasteiger partial charge in [-0.2, -0.15) is 4.67 Å². The lowest BCUT2D eigenvalue weighted by atomic mass is 9.76. The summed E-state index contributed by atoms with van der Waals surface area (Å²) in [5, 5.41) is 0. The Morgan fingerprint density at radius 2 is 1.46 bits per heavy atom. The van der Waals surface area contributed by atoms with Crippen LogP contribution in [0, 0.1) is 11.8 Å². The quantitative estimate of drug-likeness (QED) is 0.201. The van der Waals surface area contributed by atoms with E-state index in [1.54, 1.807) is 0 Å². The van der Waals surface area contributed by atoms with E-state index in [0.717, 1.165) is 21.6 Å². The number of hydrogen-bond donors (Lipinski definition) is 0. The van der Waals surface area contributed by atoms with Crippen LogP contribution >= 0.6 is 0 Å². The summed E-state index contributed by atoms with van der Waals surface area (Å²) >= 11 is 0. The number of benzene rings is 2. The molecular formula is C37H55N2OSi+. The molecule has 2 aromatic rings. The molecule has 0 heterocycles. The van der Waals surface area contributed by atoms with Crippen LogP contribution in [-0.2, 0) is 10.8 Å². The van der Waals surface area contributed by atoms with E-state index in [1.807, 2.05) is 0 Å². The van der Waals surface area contributed by atoms with Crippen molar-refractivity contribution in [1.29, 1.82) is 0 Å². The molecule has 0 N–H and O–H groups in total. The second kappa shape index (κ2) is 9.69. The molecule has 1 fully saturated rings. The largest absolute Gasteiger partial charge is 0.457 e. The SMILES string of the molecule is CC(C)(C)c1ccc(Oc2ccc3c(c2)C(C)(C)C2=CC4C(C=C23)CCC4[Si](C)(C)N(C(C)(C)C)[N+](C)(C)C)cc1. The van der Waals surface area contributed by atoms with Crippen LogP contribution in [0.5, 0.6) is 11.5 Å². The molecule has 0 aliphatic heterocycles. The van der Waals surface area contributed by atoms with Gasteiger partial charge in [0.1, 0.15) is 11.5 Å². The number of rotatable bonds is 5. The number of fused-ring (bicyclic) bond motifs is 4. The predicted molar refractivity (Wildman–Crippen MR) is 178 cm³/mol. The minimum Gasteiger partial charge on any atom is -0.457 e. The van der Waals surface area contributed by atoms with Crippen molar-refractivity contribution in [3.63, 3.8) is 0 Å². The van der Waals surface area contributed by atoms with Gasteiger partial charge in [0, 0.05) is 5.41 Å². The van der Waals surface area contributed by atoms with Crippen molar-refractivity contribution in [2.45, 2.75) is 103 Å². The highest BCUT2D eigenvalue weighted by Crippen LogP contribution is 2.59. The first-order chi connectivity index (χ1) is 18.7. The third-order valence-electron chi connectivity index (χ3n) is 10.1. The van der Waals surface area contributed by atoms with Gasteiger partial charge >= 0.3 is 0 Å². The molecule has 0 bridgehead atoms. The molecule has 3 aliphatic carbocycles. The van der Waals surface area contributed by atoms with Crippen LogP contribution in [0.15, 0.2) is 60.2 Å². The highest BCUT2D eigenvalue weighted by atomic mass is 28.3. The first kappa shape index (κ1) is 30.3. The van der Waals surface area contributed by atoms with Gasteiger partial charge in [-0.25, -0.2) is 0 Å². The van der Waals surface area contributed by atoms with Crippen molar-refractivity contribution in [2.24, 2.45) is 11.8 Å². The Balaban J connectivity index is 1.46. The number of nitrogens with zero attached hydrogens (tertiary/aromatic N) is 2. The average Bonchev–Trinajstić information content (AvgIpc) is 3.33. The highest BCUT2D eigenvalue weighted by Gasteiger charge is 2.56. The van der Waals surface area contributed by atoms with E-state index in [0.29, 0.717) is 11.8 Å². The van der Waals surface area contributed by atoms with Crippen LogP contribution in [0.3, 0.4) is 0 Å². The highest BCUT2D eigenvalue weighted by molar-refractivity contribution is 6.76. The molecule has 3 aliphatic rings. The summed E-state index contributed by atoms with van der Waals surface area (Å²) < 4.78 is 10.2. The summed E-state index contributed by atoms with van der Waals surface area (Å²) in [5.74, 6) is 3.08. The summed E-state index contributed by atoms with van der Waals surface area (Å²) in [5.41, 5.74) is 8.10. The van der Waals surface area contributed by atoms with Crippen LogP contribution in [0.2, 0.25) is 18.6 Å².